The normalized spacial score (nSPS) is 12.0. The van der Waals surface area contributed by atoms with Gasteiger partial charge >= 0.3 is 5.97 Å². The number of ether oxygens (including phenoxy) is 1. The minimum Gasteiger partial charge on any atom is -0.461 e. The van der Waals surface area contributed by atoms with Gasteiger partial charge in [-0.1, -0.05) is 30.3 Å². The van der Waals surface area contributed by atoms with E-state index in [4.69, 9.17) is 4.74 Å². The highest BCUT2D eigenvalue weighted by molar-refractivity contribution is 5.87. The summed E-state index contributed by atoms with van der Waals surface area (Å²) in [7, 11) is 0. The monoisotopic (exact) mass is 294 g/mol. The van der Waals surface area contributed by atoms with Crippen molar-refractivity contribution in [1.82, 2.24) is 9.97 Å². The third-order valence-corrected chi connectivity index (χ3v) is 3.58. The van der Waals surface area contributed by atoms with Crippen molar-refractivity contribution in [3.63, 3.8) is 0 Å². The summed E-state index contributed by atoms with van der Waals surface area (Å²) in [4.78, 5) is 18.3. The summed E-state index contributed by atoms with van der Waals surface area (Å²) in [5.74, 6) is -0.300. The molecule has 3 rings (SSSR count). The Kier molecular flexibility index (Phi) is 4.10. The number of hydrogen-bond acceptors (Lipinski definition) is 2. The van der Waals surface area contributed by atoms with Gasteiger partial charge in [0.2, 0.25) is 0 Å². The molecule has 4 nitrogen and oxygen atoms in total. The van der Waals surface area contributed by atoms with Gasteiger partial charge in [-0.15, -0.1) is 0 Å². The van der Waals surface area contributed by atoms with Crippen LogP contribution in [-0.2, 0) is 4.74 Å². The van der Waals surface area contributed by atoms with Gasteiger partial charge in [-0.05, 0) is 36.8 Å². The van der Waals surface area contributed by atoms with Crippen LogP contribution in [0.25, 0.3) is 0 Å². The first kappa shape index (κ1) is 14.2. The molecule has 2 N–H and O–H groups in total. The van der Waals surface area contributed by atoms with Crippen LogP contribution in [0.2, 0.25) is 0 Å². The molecule has 1 aromatic carbocycles. The van der Waals surface area contributed by atoms with Gasteiger partial charge in [0.05, 0.1) is 12.5 Å². The van der Waals surface area contributed by atoms with Crippen molar-refractivity contribution in [2.24, 2.45) is 0 Å². The summed E-state index contributed by atoms with van der Waals surface area (Å²) < 4.78 is 5.04. The van der Waals surface area contributed by atoms with Crippen LogP contribution in [0, 0.1) is 0 Å². The number of esters is 1. The van der Waals surface area contributed by atoms with Gasteiger partial charge in [0.25, 0.3) is 0 Å². The van der Waals surface area contributed by atoms with E-state index in [2.05, 4.69) is 22.1 Å². The van der Waals surface area contributed by atoms with E-state index in [0.717, 1.165) is 17.0 Å². The maximum atomic E-state index is 11.8. The second-order valence-electron chi connectivity index (χ2n) is 5.02. The van der Waals surface area contributed by atoms with Crippen molar-refractivity contribution in [3.05, 3.63) is 83.4 Å². The van der Waals surface area contributed by atoms with Gasteiger partial charge in [0.1, 0.15) is 5.69 Å². The van der Waals surface area contributed by atoms with Gasteiger partial charge < -0.3 is 14.7 Å². The number of aromatic nitrogens is 2. The van der Waals surface area contributed by atoms with Crippen molar-refractivity contribution in [2.75, 3.05) is 6.61 Å². The summed E-state index contributed by atoms with van der Waals surface area (Å²) in [5, 5.41) is 0. The Morgan fingerprint density at radius 2 is 1.86 bits per heavy atom. The average molecular weight is 294 g/mol. The third kappa shape index (κ3) is 2.81. The number of H-pyrrole nitrogens is 2. The molecule has 0 amide bonds. The van der Waals surface area contributed by atoms with Crippen LogP contribution in [0.1, 0.15) is 40.3 Å². The smallest absolute Gasteiger partial charge is 0.354 e. The fraction of sp³-hybridized carbons (Fsp3) is 0.167. The summed E-state index contributed by atoms with van der Waals surface area (Å²) in [5.41, 5.74) is 3.66. The number of aromatic amines is 2. The third-order valence-electron chi connectivity index (χ3n) is 3.58. The molecule has 0 aliphatic rings. The largest absolute Gasteiger partial charge is 0.461 e. The van der Waals surface area contributed by atoms with E-state index in [1.165, 1.54) is 0 Å². The topological polar surface area (TPSA) is 57.9 Å². The summed E-state index contributed by atoms with van der Waals surface area (Å²) in [6.07, 6.45) is 1.90. The molecule has 0 saturated heterocycles. The van der Waals surface area contributed by atoms with Crippen molar-refractivity contribution in [2.45, 2.75) is 12.8 Å². The number of nitrogens with one attached hydrogen (secondary N) is 2. The summed E-state index contributed by atoms with van der Waals surface area (Å²) in [6, 6.07) is 17.9. The van der Waals surface area contributed by atoms with Crippen molar-refractivity contribution < 1.29 is 9.53 Å². The molecule has 0 aliphatic carbocycles. The first-order valence-electron chi connectivity index (χ1n) is 7.34. The lowest BCUT2D eigenvalue weighted by Gasteiger charge is -2.15. The Bertz CT molecular complexity index is 730. The molecule has 22 heavy (non-hydrogen) atoms. The zero-order valence-electron chi connectivity index (χ0n) is 12.4. The second kappa shape index (κ2) is 6.35. The quantitative estimate of drug-likeness (QED) is 0.705. The molecule has 1 atom stereocenters. The fourth-order valence-corrected chi connectivity index (χ4v) is 2.60. The summed E-state index contributed by atoms with van der Waals surface area (Å²) >= 11 is 0. The van der Waals surface area contributed by atoms with E-state index in [1.807, 2.05) is 42.6 Å². The maximum Gasteiger partial charge on any atom is 0.354 e. The van der Waals surface area contributed by atoms with Crippen LogP contribution in [0.3, 0.4) is 0 Å². The number of carbonyl (C=O) groups is 1. The van der Waals surface area contributed by atoms with Gasteiger partial charge in [0.15, 0.2) is 0 Å². The molecule has 0 radical (unpaired) electrons. The number of carbonyl (C=O) groups excluding carboxylic acids is 1. The molecule has 1 unspecified atom stereocenters. The first-order valence-corrected chi connectivity index (χ1v) is 7.34. The van der Waals surface area contributed by atoms with Gasteiger partial charge in [0, 0.05) is 17.6 Å². The molecular formula is C18H18N2O2. The Hall–Kier alpha value is -2.75. The predicted molar refractivity (Wildman–Crippen MR) is 84.9 cm³/mol. The van der Waals surface area contributed by atoms with E-state index in [9.17, 15) is 4.79 Å². The molecule has 0 fully saturated rings. The maximum absolute atomic E-state index is 11.8. The molecule has 2 heterocycles. The van der Waals surface area contributed by atoms with E-state index in [0.29, 0.717) is 12.3 Å². The fourth-order valence-electron chi connectivity index (χ4n) is 2.60. The molecule has 2 aromatic heterocycles. The second-order valence-corrected chi connectivity index (χ2v) is 5.02. The molecule has 0 spiro atoms. The molecule has 3 aromatic rings. The predicted octanol–water partition coefficient (Wildman–Crippen LogP) is 3.70. The lowest BCUT2D eigenvalue weighted by atomic mass is 9.93. The Labute approximate surface area is 129 Å². The lowest BCUT2D eigenvalue weighted by molar-refractivity contribution is 0.0520. The zero-order chi connectivity index (χ0) is 15.4. The lowest BCUT2D eigenvalue weighted by Crippen LogP contribution is -2.07. The van der Waals surface area contributed by atoms with Crippen LogP contribution in [0.5, 0.6) is 0 Å². The molecular weight excluding hydrogens is 276 g/mol. The van der Waals surface area contributed by atoms with Crippen LogP contribution in [0.15, 0.2) is 60.8 Å². The number of benzene rings is 1. The van der Waals surface area contributed by atoms with Crippen LogP contribution in [0.4, 0.5) is 0 Å². The highest BCUT2D eigenvalue weighted by Crippen LogP contribution is 2.30. The zero-order valence-corrected chi connectivity index (χ0v) is 12.4. The van der Waals surface area contributed by atoms with E-state index in [1.54, 1.807) is 13.0 Å². The van der Waals surface area contributed by atoms with E-state index < -0.39 is 0 Å². The molecule has 0 aliphatic heterocycles. The van der Waals surface area contributed by atoms with Crippen LogP contribution in [-0.4, -0.2) is 22.5 Å². The van der Waals surface area contributed by atoms with E-state index in [-0.39, 0.29) is 11.9 Å². The molecule has 0 saturated carbocycles. The Morgan fingerprint density at radius 3 is 2.55 bits per heavy atom. The number of rotatable bonds is 5. The van der Waals surface area contributed by atoms with Gasteiger partial charge in [-0.3, -0.25) is 0 Å². The average Bonchev–Trinajstić information content (AvgIpc) is 3.21. The molecule has 0 bridgehead atoms. The minimum atomic E-state index is -0.327. The summed E-state index contributed by atoms with van der Waals surface area (Å²) in [6.45, 7) is 2.17. The first-order chi connectivity index (χ1) is 10.8. The SMILES string of the molecule is CCOC(=O)c1ccc(C(c2ccccc2)c2ccc[nH]2)[nH]1. The van der Waals surface area contributed by atoms with Crippen LogP contribution >= 0.6 is 0 Å². The van der Waals surface area contributed by atoms with Crippen molar-refractivity contribution >= 4 is 5.97 Å². The standard InChI is InChI=1S/C18H18N2O2/c1-2-22-18(21)16-11-10-15(20-16)17(14-9-6-12-19-14)13-7-4-3-5-8-13/h3-12,17,19-20H,2H2,1H3. The highest BCUT2D eigenvalue weighted by Gasteiger charge is 2.20. The van der Waals surface area contributed by atoms with Crippen molar-refractivity contribution in [1.29, 1.82) is 0 Å². The Morgan fingerprint density at radius 1 is 1.05 bits per heavy atom. The minimum absolute atomic E-state index is 0.0272. The molecule has 112 valence electrons. The number of hydrogen-bond donors (Lipinski definition) is 2. The van der Waals surface area contributed by atoms with Crippen LogP contribution < -0.4 is 0 Å². The van der Waals surface area contributed by atoms with Gasteiger partial charge in [-0.2, -0.15) is 0 Å². The molecule has 4 heteroatoms. The van der Waals surface area contributed by atoms with Crippen molar-refractivity contribution in [3.8, 4) is 0 Å². The van der Waals surface area contributed by atoms with Gasteiger partial charge in [-0.25, -0.2) is 4.79 Å². The van der Waals surface area contributed by atoms with E-state index >= 15 is 0 Å². The Balaban J connectivity index is 1.99. The highest BCUT2D eigenvalue weighted by atomic mass is 16.5.